The van der Waals surface area contributed by atoms with Crippen molar-refractivity contribution in [3.8, 4) is 5.75 Å². The van der Waals surface area contributed by atoms with Gasteiger partial charge in [0.25, 0.3) is 0 Å². The summed E-state index contributed by atoms with van der Waals surface area (Å²) in [7, 11) is 1.74. The first-order chi connectivity index (χ1) is 15.7. The maximum atomic E-state index is 13.4. The van der Waals surface area contributed by atoms with Crippen LogP contribution in [-0.4, -0.2) is 50.5 Å². The van der Waals surface area contributed by atoms with Crippen molar-refractivity contribution in [3.05, 3.63) is 60.2 Å². The van der Waals surface area contributed by atoms with Crippen LogP contribution in [0.4, 0.5) is 5.69 Å². The molecule has 0 bridgehead atoms. The lowest BCUT2D eigenvalue weighted by molar-refractivity contribution is -0.128. The standard InChI is InChI=1S/C28H38N2O2/c1-32-27-15-9-8-14-26(27)30-20-18-29(19-21-30)17-16-25(22-23-10-4-2-5-11-23)28(31)24-12-6-3-7-13-24/h2,4-5,8-11,14-15,24-25H,3,6-7,12-13,16-22H2,1H3. The summed E-state index contributed by atoms with van der Waals surface area (Å²) in [5, 5.41) is 0. The van der Waals surface area contributed by atoms with Crippen LogP contribution in [0.1, 0.15) is 44.1 Å². The molecule has 32 heavy (non-hydrogen) atoms. The first kappa shape index (κ1) is 22.8. The third-order valence-corrected chi connectivity index (χ3v) is 7.33. The summed E-state index contributed by atoms with van der Waals surface area (Å²) >= 11 is 0. The Morgan fingerprint density at radius 1 is 0.938 bits per heavy atom. The minimum Gasteiger partial charge on any atom is -0.495 e. The van der Waals surface area contributed by atoms with Crippen LogP contribution < -0.4 is 9.64 Å². The van der Waals surface area contributed by atoms with Gasteiger partial charge in [0.15, 0.2) is 0 Å². The fourth-order valence-corrected chi connectivity index (χ4v) is 5.41. The summed E-state index contributed by atoms with van der Waals surface area (Å²) in [5.41, 5.74) is 2.48. The summed E-state index contributed by atoms with van der Waals surface area (Å²) in [6, 6.07) is 18.9. The first-order valence-electron chi connectivity index (χ1n) is 12.4. The Bertz CT molecular complexity index is 840. The Balaban J connectivity index is 1.34. The van der Waals surface area contributed by atoms with Crippen LogP contribution in [0.25, 0.3) is 0 Å². The molecule has 1 unspecified atom stereocenters. The molecule has 2 aromatic rings. The fraction of sp³-hybridized carbons (Fsp3) is 0.536. The number of ether oxygens (including phenoxy) is 1. The molecule has 1 atom stereocenters. The van der Waals surface area contributed by atoms with E-state index in [2.05, 4.69) is 52.3 Å². The minimum absolute atomic E-state index is 0.146. The Kier molecular flexibility index (Phi) is 8.22. The summed E-state index contributed by atoms with van der Waals surface area (Å²) in [6.45, 7) is 5.08. The summed E-state index contributed by atoms with van der Waals surface area (Å²) in [4.78, 5) is 18.4. The van der Waals surface area contributed by atoms with Gasteiger partial charge in [0, 0.05) is 38.0 Å². The number of Topliss-reactive ketones (excluding diaryl/α,β-unsaturated/α-hetero) is 1. The highest BCUT2D eigenvalue weighted by Crippen LogP contribution is 2.30. The third-order valence-electron chi connectivity index (χ3n) is 7.33. The summed E-state index contributed by atoms with van der Waals surface area (Å²) in [5.74, 6) is 1.91. The molecule has 1 saturated heterocycles. The van der Waals surface area contributed by atoms with Crippen LogP contribution in [0, 0.1) is 11.8 Å². The van der Waals surface area contributed by atoms with Gasteiger partial charge in [-0.25, -0.2) is 0 Å². The number of anilines is 1. The van der Waals surface area contributed by atoms with Crippen LogP contribution in [0.15, 0.2) is 54.6 Å². The predicted molar refractivity (Wildman–Crippen MR) is 131 cm³/mol. The van der Waals surface area contributed by atoms with E-state index in [0.29, 0.717) is 11.7 Å². The van der Waals surface area contributed by atoms with Gasteiger partial charge in [-0.15, -0.1) is 0 Å². The van der Waals surface area contributed by atoms with E-state index in [1.54, 1.807) is 7.11 Å². The van der Waals surface area contributed by atoms with Gasteiger partial charge in [0.1, 0.15) is 11.5 Å². The summed E-state index contributed by atoms with van der Waals surface area (Å²) in [6.07, 6.45) is 7.79. The molecule has 0 aromatic heterocycles. The highest BCUT2D eigenvalue weighted by Gasteiger charge is 2.29. The maximum absolute atomic E-state index is 13.4. The smallest absolute Gasteiger partial charge is 0.142 e. The van der Waals surface area contributed by atoms with E-state index >= 15 is 0 Å². The number of nitrogens with zero attached hydrogens (tertiary/aromatic N) is 2. The van der Waals surface area contributed by atoms with Crippen molar-refractivity contribution < 1.29 is 9.53 Å². The number of para-hydroxylation sites is 2. The normalized spacial score (nSPS) is 19.0. The largest absolute Gasteiger partial charge is 0.495 e. The molecule has 2 aromatic carbocycles. The molecule has 1 saturated carbocycles. The van der Waals surface area contributed by atoms with Gasteiger partial charge in [-0.05, 0) is 49.9 Å². The maximum Gasteiger partial charge on any atom is 0.142 e. The number of ketones is 1. The monoisotopic (exact) mass is 434 g/mol. The van der Waals surface area contributed by atoms with E-state index in [9.17, 15) is 4.79 Å². The van der Waals surface area contributed by atoms with Crippen molar-refractivity contribution in [3.63, 3.8) is 0 Å². The lowest BCUT2D eigenvalue weighted by Crippen LogP contribution is -2.47. The molecule has 0 amide bonds. The highest BCUT2D eigenvalue weighted by atomic mass is 16.5. The minimum atomic E-state index is 0.146. The van der Waals surface area contributed by atoms with E-state index < -0.39 is 0 Å². The van der Waals surface area contributed by atoms with Gasteiger partial charge >= 0.3 is 0 Å². The summed E-state index contributed by atoms with van der Waals surface area (Å²) < 4.78 is 5.55. The van der Waals surface area contributed by atoms with Crippen LogP contribution in [0.2, 0.25) is 0 Å². The number of methoxy groups -OCH3 is 1. The third kappa shape index (κ3) is 5.92. The molecule has 0 N–H and O–H groups in total. The highest BCUT2D eigenvalue weighted by molar-refractivity contribution is 5.83. The van der Waals surface area contributed by atoms with Crippen molar-refractivity contribution in [2.24, 2.45) is 11.8 Å². The lowest BCUT2D eigenvalue weighted by atomic mass is 9.78. The molecule has 1 aliphatic heterocycles. The van der Waals surface area contributed by atoms with Crippen LogP contribution in [0.5, 0.6) is 5.75 Å². The molecule has 1 heterocycles. The Morgan fingerprint density at radius 3 is 2.34 bits per heavy atom. The van der Waals surface area contributed by atoms with Crippen molar-refractivity contribution >= 4 is 11.5 Å². The molecule has 0 radical (unpaired) electrons. The molecule has 0 spiro atoms. The number of benzene rings is 2. The van der Waals surface area contributed by atoms with Crippen LogP contribution in [0.3, 0.4) is 0 Å². The quantitative estimate of drug-likeness (QED) is 0.542. The topological polar surface area (TPSA) is 32.8 Å². The van der Waals surface area contributed by atoms with Gasteiger partial charge in [-0.2, -0.15) is 0 Å². The van der Waals surface area contributed by atoms with Crippen LogP contribution in [-0.2, 0) is 11.2 Å². The Hall–Kier alpha value is -2.33. The molecule has 172 valence electrons. The Morgan fingerprint density at radius 2 is 1.62 bits per heavy atom. The molecule has 4 rings (SSSR count). The number of rotatable bonds is 9. The van der Waals surface area contributed by atoms with Crippen molar-refractivity contribution in [2.45, 2.75) is 44.9 Å². The number of carbonyl (C=O) groups is 1. The predicted octanol–water partition coefficient (Wildman–Crippen LogP) is 5.22. The molecule has 2 fully saturated rings. The van der Waals surface area contributed by atoms with E-state index in [4.69, 9.17) is 4.74 Å². The van der Waals surface area contributed by atoms with Crippen molar-refractivity contribution in [1.29, 1.82) is 0 Å². The molecule has 1 aliphatic carbocycles. The van der Waals surface area contributed by atoms with Crippen LogP contribution >= 0.6 is 0 Å². The fourth-order valence-electron chi connectivity index (χ4n) is 5.41. The number of hydrogen-bond acceptors (Lipinski definition) is 4. The first-order valence-corrected chi connectivity index (χ1v) is 12.4. The van der Waals surface area contributed by atoms with Crippen molar-refractivity contribution in [1.82, 2.24) is 4.90 Å². The molecule has 4 heteroatoms. The zero-order valence-corrected chi connectivity index (χ0v) is 19.5. The second-order valence-electron chi connectivity index (χ2n) is 9.41. The van der Waals surface area contributed by atoms with E-state index in [1.165, 1.54) is 30.5 Å². The SMILES string of the molecule is COc1ccccc1N1CCN(CCC(Cc2ccccc2)C(=O)C2CCCCC2)CC1. The molecule has 4 nitrogen and oxygen atoms in total. The van der Waals surface area contributed by atoms with E-state index in [0.717, 1.165) is 64.2 Å². The zero-order chi connectivity index (χ0) is 22.2. The number of hydrogen-bond donors (Lipinski definition) is 0. The van der Waals surface area contributed by atoms with Gasteiger partial charge < -0.3 is 9.64 Å². The molecule has 2 aliphatic rings. The average Bonchev–Trinajstić information content (AvgIpc) is 2.87. The second kappa shape index (κ2) is 11.5. The van der Waals surface area contributed by atoms with Gasteiger partial charge in [-0.3, -0.25) is 9.69 Å². The van der Waals surface area contributed by atoms with E-state index in [-0.39, 0.29) is 5.92 Å². The lowest BCUT2D eigenvalue weighted by Gasteiger charge is -2.37. The molecular weight excluding hydrogens is 396 g/mol. The van der Waals surface area contributed by atoms with E-state index in [1.807, 2.05) is 12.1 Å². The zero-order valence-electron chi connectivity index (χ0n) is 19.5. The van der Waals surface area contributed by atoms with Crippen molar-refractivity contribution in [2.75, 3.05) is 44.7 Å². The second-order valence-corrected chi connectivity index (χ2v) is 9.41. The number of carbonyl (C=O) groups excluding carboxylic acids is 1. The number of piperazine rings is 1. The Labute approximate surface area is 193 Å². The molecular formula is C28H38N2O2. The average molecular weight is 435 g/mol. The van der Waals surface area contributed by atoms with Gasteiger partial charge in [0.2, 0.25) is 0 Å². The van der Waals surface area contributed by atoms with Gasteiger partial charge in [0.05, 0.1) is 12.8 Å². The van der Waals surface area contributed by atoms with Gasteiger partial charge in [-0.1, -0.05) is 61.7 Å².